The fraction of sp³-hybridized carbons (Fsp3) is 0.733. The third-order valence-electron chi connectivity index (χ3n) is 3.74. The third-order valence-corrected chi connectivity index (χ3v) is 3.74. The van der Waals surface area contributed by atoms with E-state index in [0.717, 1.165) is 12.4 Å². The van der Waals surface area contributed by atoms with Gasteiger partial charge in [0.05, 0.1) is 5.69 Å². The van der Waals surface area contributed by atoms with Crippen LogP contribution in [-0.2, 0) is 6.54 Å². The molecule has 2 rings (SSSR count). The van der Waals surface area contributed by atoms with E-state index < -0.39 is 0 Å². The molecule has 1 aliphatic rings. The molecule has 0 spiro atoms. The normalized spacial score (nSPS) is 17.3. The molecule has 1 aliphatic carbocycles. The topological polar surface area (TPSA) is 37.8 Å². The van der Waals surface area contributed by atoms with Gasteiger partial charge >= 0.3 is 0 Å². The van der Waals surface area contributed by atoms with Crippen molar-refractivity contribution in [3.63, 3.8) is 0 Å². The Morgan fingerprint density at radius 1 is 1.28 bits per heavy atom. The smallest absolute Gasteiger partial charge is 0.131 e. The van der Waals surface area contributed by atoms with Gasteiger partial charge in [0, 0.05) is 24.7 Å². The second-order valence-electron chi connectivity index (χ2n) is 5.73. The monoisotopic (exact) mass is 247 g/mol. The van der Waals surface area contributed by atoms with Gasteiger partial charge in [-0.25, -0.2) is 9.97 Å². The summed E-state index contributed by atoms with van der Waals surface area (Å²) in [7, 11) is 0. The lowest BCUT2D eigenvalue weighted by atomic mass is 9.88. The van der Waals surface area contributed by atoms with Gasteiger partial charge in [-0.15, -0.1) is 0 Å². The highest BCUT2D eigenvalue weighted by molar-refractivity contribution is 5.17. The van der Waals surface area contributed by atoms with E-state index in [1.807, 2.05) is 6.20 Å². The molecule has 18 heavy (non-hydrogen) atoms. The van der Waals surface area contributed by atoms with Crippen LogP contribution in [0.15, 0.2) is 6.20 Å². The standard InChI is InChI=1S/C15H25N3/c1-11(2)16-10-14-12(3)9-17-15(18-14)13-7-5-4-6-8-13/h9,11,13,16H,4-8,10H2,1-3H3. The van der Waals surface area contributed by atoms with Crippen molar-refractivity contribution >= 4 is 0 Å². The molecule has 3 nitrogen and oxygen atoms in total. The van der Waals surface area contributed by atoms with Crippen molar-refractivity contribution in [2.24, 2.45) is 0 Å². The first-order valence-corrected chi connectivity index (χ1v) is 7.22. The summed E-state index contributed by atoms with van der Waals surface area (Å²) in [6, 6.07) is 0.498. The molecule has 0 radical (unpaired) electrons. The second kappa shape index (κ2) is 6.28. The maximum Gasteiger partial charge on any atom is 0.131 e. The molecule has 0 amide bonds. The highest BCUT2D eigenvalue weighted by Crippen LogP contribution is 2.30. The molecule has 1 heterocycles. The Labute approximate surface area is 110 Å². The summed E-state index contributed by atoms with van der Waals surface area (Å²) in [5, 5.41) is 3.44. The van der Waals surface area contributed by atoms with E-state index in [4.69, 9.17) is 4.98 Å². The van der Waals surface area contributed by atoms with Crippen molar-refractivity contribution in [2.45, 2.75) is 71.4 Å². The molecule has 0 atom stereocenters. The van der Waals surface area contributed by atoms with Crippen LogP contribution in [0.3, 0.4) is 0 Å². The number of nitrogens with one attached hydrogen (secondary N) is 1. The van der Waals surface area contributed by atoms with Gasteiger partial charge in [-0.05, 0) is 25.3 Å². The quantitative estimate of drug-likeness (QED) is 0.887. The van der Waals surface area contributed by atoms with Crippen molar-refractivity contribution in [1.29, 1.82) is 0 Å². The Bertz CT molecular complexity index is 381. The maximum atomic E-state index is 4.79. The predicted octanol–water partition coefficient (Wildman–Crippen LogP) is 3.33. The predicted molar refractivity (Wildman–Crippen MR) is 74.6 cm³/mol. The molecule has 1 fully saturated rings. The minimum atomic E-state index is 0.498. The first kappa shape index (κ1) is 13.5. The average molecular weight is 247 g/mol. The molecule has 1 aromatic heterocycles. The Kier molecular flexibility index (Phi) is 4.70. The van der Waals surface area contributed by atoms with Gasteiger partial charge in [0.1, 0.15) is 5.82 Å². The Balaban J connectivity index is 2.09. The first-order valence-electron chi connectivity index (χ1n) is 7.22. The van der Waals surface area contributed by atoms with Gasteiger partial charge in [0.2, 0.25) is 0 Å². The number of aryl methyl sites for hydroxylation is 1. The summed E-state index contributed by atoms with van der Waals surface area (Å²) in [6.07, 6.45) is 8.57. The van der Waals surface area contributed by atoms with Crippen molar-refractivity contribution in [1.82, 2.24) is 15.3 Å². The Morgan fingerprint density at radius 3 is 2.67 bits per heavy atom. The van der Waals surface area contributed by atoms with Crippen LogP contribution in [0.4, 0.5) is 0 Å². The van der Waals surface area contributed by atoms with E-state index in [1.165, 1.54) is 43.4 Å². The summed E-state index contributed by atoms with van der Waals surface area (Å²) in [5.41, 5.74) is 2.36. The summed E-state index contributed by atoms with van der Waals surface area (Å²) >= 11 is 0. The summed E-state index contributed by atoms with van der Waals surface area (Å²) in [6.45, 7) is 7.28. The molecular formula is C15H25N3. The minimum absolute atomic E-state index is 0.498. The van der Waals surface area contributed by atoms with E-state index >= 15 is 0 Å². The van der Waals surface area contributed by atoms with E-state index in [2.05, 4.69) is 31.1 Å². The van der Waals surface area contributed by atoms with Crippen molar-refractivity contribution in [3.8, 4) is 0 Å². The molecule has 0 unspecified atom stereocenters. The zero-order valence-electron chi connectivity index (χ0n) is 11.9. The molecule has 1 N–H and O–H groups in total. The lowest BCUT2D eigenvalue weighted by Gasteiger charge is -2.21. The second-order valence-corrected chi connectivity index (χ2v) is 5.73. The fourth-order valence-corrected chi connectivity index (χ4v) is 2.53. The first-order chi connectivity index (χ1) is 8.66. The van der Waals surface area contributed by atoms with Gasteiger partial charge in [-0.3, -0.25) is 0 Å². The van der Waals surface area contributed by atoms with Crippen LogP contribution in [0.1, 0.15) is 69.0 Å². The number of hydrogen-bond donors (Lipinski definition) is 1. The largest absolute Gasteiger partial charge is 0.309 e. The molecule has 0 bridgehead atoms. The number of rotatable bonds is 4. The third kappa shape index (κ3) is 3.52. The SMILES string of the molecule is Cc1cnc(C2CCCCC2)nc1CNC(C)C. The zero-order valence-corrected chi connectivity index (χ0v) is 11.9. The fourth-order valence-electron chi connectivity index (χ4n) is 2.53. The molecule has 0 saturated heterocycles. The van der Waals surface area contributed by atoms with Crippen LogP contribution in [0, 0.1) is 6.92 Å². The van der Waals surface area contributed by atoms with Crippen LogP contribution in [-0.4, -0.2) is 16.0 Å². The molecule has 0 aliphatic heterocycles. The van der Waals surface area contributed by atoms with Crippen LogP contribution in [0.25, 0.3) is 0 Å². The van der Waals surface area contributed by atoms with E-state index in [1.54, 1.807) is 0 Å². The molecule has 0 aromatic carbocycles. The van der Waals surface area contributed by atoms with Crippen LogP contribution in [0.2, 0.25) is 0 Å². The van der Waals surface area contributed by atoms with Crippen molar-refractivity contribution < 1.29 is 0 Å². The van der Waals surface area contributed by atoms with Gasteiger partial charge in [-0.2, -0.15) is 0 Å². The number of nitrogens with zero attached hydrogens (tertiary/aromatic N) is 2. The Morgan fingerprint density at radius 2 is 2.00 bits per heavy atom. The summed E-state index contributed by atoms with van der Waals surface area (Å²) < 4.78 is 0. The maximum absolute atomic E-state index is 4.79. The highest BCUT2D eigenvalue weighted by atomic mass is 15.0. The lowest BCUT2D eigenvalue weighted by molar-refractivity contribution is 0.426. The van der Waals surface area contributed by atoms with E-state index in [-0.39, 0.29) is 0 Å². The van der Waals surface area contributed by atoms with Crippen LogP contribution in [0.5, 0.6) is 0 Å². The number of hydrogen-bond acceptors (Lipinski definition) is 3. The number of aromatic nitrogens is 2. The van der Waals surface area contributed by atoms with Gasteiger partial charge in [0.15, 0.2) is 0 Å². The average Bonchev–Trinajstić information content (AvgIpc) is 2.38. The summed E-state index contributed by atoms with van der Waals surface area (Å²) in [5.74, 6) is 1.66. The highest BCUT2D eigenvalue weighted by Gasteiger charge is 2.18. The van der Waals surface area contributed by atoms with Gasteiger partial charge < -0.3 is 5.32 Å². The van der Waals surface area contributed by atoms with Gasteiger partial charge in [-0.1, -0.05) is 33.1 Å². The molecular weight excluding hydrogens is 222 g/mol. The Hall–Kier alpha value is -0.960. The minimum Gasteiger partial charge on any atom is -0.309 e. The molecule has 100 valence electrons. The van der Waals surface area contributed by atoms with Crippen molar-refractivity contribution in [2.75, 3.05) is 0 Å². The van der Waals surface area contributed by atoms with E-state index in [9.17, 15) is 0 Å². The molecule has 1 aromatic rings. The van der Waals surface area contributed by atoms with E-state index in [0.29, 0.717) is 12.0 Å². The molecule has 3 heteroatoms. The van der Waals surface area contributed by atoms with Crippen LogP contribution < -0.4 is 5.32 Å². The molecule has 1 saturated carbocycles. The summed E-state index contributed by atoms with van der Waals surface area (Å²) in [4.78, 5) is 9.35. The lowest BCUT2D eigenvalue weighted by Crippen LogP contribution is -2.23. The van der Waals surface area contributed by atoms with Crippen LogP contribution >= 0.6 is 0 Å². The zero-order chi connectivity index (χ0) is 13.0. The van der Waals surface area contributed by atoms with Gasteiger partial charge in [0.25, 0.3) is 0 Å². The van der Waals surface area contributed by atoms with Crippen molar-refractivity contribution in [3.05, 3.63) is 23.3 Å².